The number of sulfonamides is 1. The average Bonchev–Trinajstić information content (AvgIpc) is 3.21. The number of halogens is 3. The molecule has 12 heteroatoms. The highest BCUT2D eigenvalue weighted by Gasteiger charge is 2.28. The number of rotatable bonds is 9. The molecule has 0 atom stereocenters. The number of ether oxygens (including phenoxy) is 1. The van der Waals surface area contributed by atoms with E-state index in [0.717, 1.165) is 32.5 Å². The molecule has 0 spiro atoms. The number of aromatic nitrogens is 1. The molecule has 0 aliphatic rings. The molecule has 8 nitrogen and oxygen atoms in total. The lowest BCUT2D eigenvalue weighted by molar-refractivity contribution is -0.119. The van der Waals surface area contributed by atoms with Gasteiger partial charge in [-0.15, -0.1) is 0 Å². The molecule has 0 unspecified atom stereocenters. The van der Waals surface area contributed by atoms with Gasteiger partial charge >= 0.3 is 0 Å². The molecule has 0 aliphatic heterocycles. The van der Waals surface area contributed by atoms with Crippen LogP contribution in [0.5, 0.6) is 5.75 Å². The first-order valence-corrected chi connectivity index (χ1v) is 15.3. The normalized spacial score (nSPS) is 11.6. The highest BCUT2D eigenvalue weighted by molar-refractivity contribution is 9.10. The maximum absolute atomic E-state index is 13.7. The Bertz CT molecular complexity index is 1740. The van der Waals surface area contributed by atoms with Crippen molar-refractivity contribution in [3.8, 4) is 11.4 Å². The summed E-state index contributed by atoms with van der Waals surface area (Å²) in [5.74, 6) is -0.139. The Balaban J connectivity index is 1.58. The number of carbonyl (C=O) groups excluding carboxylic acids is 1. The molecule has 214 valence electrons. The van der Waals surface area contributed by atoms with E-state index in [9.17, 15) is 13.2 Å². The zero-order valence-corrected chi connectivity index (χ0v) is 26.6. The molecule has 0 aliphatic carbocycles. The van der Waals surface area contributed by atoms with Gasteiger partial charge in [-0.2, -0.15) is 5.10 Å². The molecule has 1 amide bonds. The molecule has 0 bridgehead atoms. The Morgan fingerprint density at radius 3 is 2.44 bits per heavy atom. The maximum Gasteiger partial charge on any atom is 0.264 e. The van der Waals surface area contributed by atoms with Crippen molar-refractivity contribution >= 4 is 67.0 Å². The summed E-state index contributed by atoms with van der Waals surface area (Å²) >= 11 is 16.0. The predicted molar refractivity (Wildman–Crippen MR) is 167 cm³/mol. The quantitative estimate of drug-likeness (QED) is 0.155. The lowest BCUT2D eigenvalue weighted by Gasteiger charge is -2.24. The summed E-state index contributed by atoms with van der Waals surface area (Å²) in [5, 5.41) is 4.96. The van der Waals surface area contributed by atoms with Crippen molar-refractivity contribution in [1.29, 1.82) is 0 Å². The van der Waals surface area contributed by atoms with Gasteiger partial charge in [0.15, 0.2) is 0 Å². The molecule has 0 saturated heterocycles. The van der Waals surface area contributed by atoms with Crippen LogP contribution in [-0.2, 0) is 14.8 Å². The van der Waals surface area contributed by atoms with E-state index in [2.05, 4.69) is 26.5 Å². The summed E-state index contributed by atoms with van der Waals surface area (Å²) in [5.41, 5.74) is 6.92. The van der Waals surface area contributed by atoms with Gasteiger partial charge in [-0.3, -0.25) is 9.10 Å². The standard InChI is InChI=1S/C29H27BrCl2N4O4S/c1-18-8-10-22(11-9-18)35(41(38,39)23-12-13-27(40-4)24(30)15-23)17-28(37)34-33-16-21-14-19(2)36(20(21)3)26-7-5-6-25(31)29(26)32/h5-16H,17H2,1-4H3,(H,34,37)/b33-16+. The molecule has 1 N–H and O–H groups in total. The Morgan fingerprint density at radius 2 is 1.78 bits per heavy atom. The van der Waals surface area contributed by atoms with Crippen LogP contribution in [0.3, 0.4) is 0 Å². The zero-order chi connectivity index (χ0) is 29.9. The number of benzene rings is 3. The monoisotopic (exact) mass is 676 g/mol. The van der Waals surface area contributed by atoms with Crippen LogP contribution in [-0.4, -0.2) is 38.8 Å². The largest absolute Gasteiger partial charge is 0.496 e. The van der Waals surface area contributed by atoms with E-state index in [1.165, 1.54) is 25.5 Å². The first-order valence-electron chi connectivity index (χ1n) is 12.3. The number of carbonyl (C=O) groups is 1. The van der Waals surface area contributed by atoms with Crippen LogP contribution >= 0.6 is 39.1 Å². The van der Waals surface area contributed by atoms with Crippen molar-refractivity contribution in [2.24, 2.45) is 5.10 Å². The van der Waals surface area contributed by atoms with Gasteiger partial charge < -0.3 is 9.30 Å². The number of amides is 1. The molecule has 4 rings (SSSR count). The summed E-state index contributed by atoms with van der Waals surface area (Å²) in [6.07, 6.45) is 1.50. The number of methoxy groups -OCH3 is 1. The maximum atomic E-state index is 13.7. The van der Waals surface area contributed by atoms with Crippen molar-refractivity contribution in [1.82, 2.24) is 9.99 Å². The summed E-state index contributed by atoms with van der Waals surface area (Å²) in [6, 6.07) is 18.6. The van der Waals surface area contributed by atoms with Crippen LogP contribution in [0.2, 0.25) is 10.0 Å². The zero-order valence-electron chi connectivity index (χ0n) is 22.7. The van der Waals surface area contributed by atoms with E-state index in [-0.39, 0.29) is 4.90 Å². The molecule has 0 radical (unpaired) electrons. The number of nitrogens with zero attached hydrogens (tertiary/aromatic N) is 3. The number of nitrogens with one attached hydrogen (secondary N) is 1. The SMILES string of the molecule is COc1ccc(S(=O)(=O)N(CC(=O)N/N=C/c2cc(C)n(-c3cccc(Cl)c3Cl)c2C)c2ccc(C)cc2)cc1Br. The minimum absolute atomic E-state index is 0.00540. The van der Waals surface area contributed by atoms with E-state index >= 15 is 0 Å². The highest BCUT2D eigenvalue weighted by atomic mass is 79.9. The molecule has 0 fully saturated rings. The Kier molecular flexibility index (Phi) is 9.48. The number of aryl methyl sites for hydroxylation is 2. The number of anilines is 1. The Morgan fingerprint density at radius 1 is 1.07 bits per heavy atom. The van der Waals surface area contributed by atoms with Crippen molar-refractivity contribution in [3.63, 3.8) is 0 Å². The third kappa shape index (κ3) is 6.62. The Labute approximate surface area is 257 Å². The third-order valence-electron chi connectivity index (χ3n) is 6.36. The fourth-order valence-electron chi connectivity index (χ4n) is 4.25. The van der Waals surface area contributed by atoms with Gasteiger partial charge in [-0.05, 0) is 85.2 Å². The van der Waals surface area contributed by atoms with Crippen LogP contribution in [0.1, 0.15) is 22.5 Å². The fraction of sp³-hybridized carbons (Fsp3) is 0.172. The average molecular weight is 678 g/mol. The van der Waals surface area contributed by atoms with Crippen LogP contribution in [0.25, 0.3) is 5.69 Å². The van der Waals surface area contributed by atoms with E-state index in [1.807, 2.05) is 43.5 Å². The van der Waals surface area contributed by atoms with Crippen LogP contribution < -0.4 is 14.5 Å². The van der Waals surface area contributed by atoms with E-state index < -0.39 is 22.5 Å². The lowest BCUT2D eigenvalue weighted by Crippen LogP contribution is -2.39. The predicted octanol–water partition coefficient (Wildman–Crippen LogP) is 6.83. The topological polar surface area (TPSA) is 93.0 Å². The molecule has 41 heavy (non-hydrogen) atoms. The fourth-order valence-corrected chi connectivity index (χ4v) is 6.77. The minimum Gasteiger partial charge on any atom is -0.496 e. The smallest absolute Gasteiger partial charge is 0.264 e. The van der Waals surface area contributed by atoms with Gasteiger partial charge in [0.1, 0.15) is 12.3 Å². The molecule has 4 aromatic rings. The van der Waals surface area contributed by atoms with Crippen molar-refractivity contribution < 1.29 is 17.9 Å². The van der Waals surface area contributed by atoms with Gasteiger partial charge in [-0.1, -0.05) is 47.0 Å². The van der Waals surface area contributed by atoms with E-state index in [1.54, 1.807) is 36.4 Å². The lowest BCUT2D eigenvalue weighted by atomic mass is 10.2. The molecular formula is C29H27BrCl2N4O4S. The van der Waals surface area contributed by atoms with Gasteiger partial charge in [0, 0.05) is 17.0 Å². The Hall–Kier alpha value is -3.31. The molecule has 1 aromatic heterocycles. The number of hydrazone groups is 1. The van der Waals surface area contributed by atoms with Crippen LogP contribution in [0, 0.1) is 20.8 Å². The van der Waals surface area contributed by atoms with Crippen LogP contribution in [0.4, 0.5) is 5.69 Å². The second-order valence-corrected chi connectivity index (χ2v) is 12.7. The van der Waals surface area contributed by atoms with Gasteiger partial charge in [0.2, 0.25) is 0 Å². The molecule has 0 saturated carbocycles. The first-order chi connectivity index (χ1) is 19.4. The van der Waals surface area contributed by atoms with E-state index in [0.29, 0.717) is 26.0 Å². The minimum atomic E-state index is -4.13. The third-order valence-corrected chi connectivity index (χ3v) is 9.55. The van der Waals surface area contributed by atoms with Crippen LogP contribution in [0.15, 0.2) is 81.2 Å². The van der Waals surface area contributed by atoms with Crippen molar-refractivity contribution in [2.75, 3.05) is 18.0 Å². The molecular weight excluding hydrogens is 651 g/mol. The second-order valence-electron chi connectivity index (χ2n) is 9.17. The highest BCUT2D eigenvalue weighted by Crippen LogP contribution is 2.32. The first kappa shape index (κ1) is 30.6. The van der Waals surface area contributed by atoms with Gasteiger partial charge in [0.25, 0.3) is 15.9 Å². The van der Waals surface area contributed by atoms with Gasteiger partial charge in [-0.25, -0.2) is 13.8 Å². The summed E-state index contributed by atoms with van der Waals surface area (Å²) in [6.45, 7) is 5.21. The summed E-state index contributed by atoms with van der Waals surface area (Å²) in [4.78, 5) is 13.0. The van der Waals surface area contributed by atoms with Crippen molar-refractivity contribution in [3.05, 3.63) is 104 Å². The van der Waals surface area contributed by atoms with E-state index in [4.69, 9.17) is 27.9 Å². The van der Waals surface area contributed by atoms with Crippen molar-refractivity contribution in [2.45, 2.75) is 25.7 Å². The van der Waals surface area contributed by atoms with Gasteiger partial charge in [0.05, 0.1) is 44.1 Å². The molecule has 3 aromatic carbocycles. The number of hydrogen-bond donors (Lipinski definition) is 1. The summed E-state index contributed by atoms with van der Waals surface area (Å²) in [7, 11) is -2.64. The second kappa shape index (κ2) is 12.7. The summed E-state index contributed by atoms with van der Waals surface area (Å²) < 4.78 is 36.1. The molecule has 1 heterocycles. The number of hydrogen-bond acceptors (Lipinski definition) is 5.